The highest BCUT2D eigenvalue weighted by Gasteiger charge is 2.25. The Bertz CT molecular complexity index is 597. The summed E-state index contributed by atoms with van der Waals surface area (Å²) in [5.41, 5.74) is 4.80. The number of rotatable bonds is 4. The van der Waals surface area contributed by atoms with Gasteiger partial charge in [-0.3, -0.25) is 14.9 Å². The second kappa shape index (κ2) is 6.22. The summed E-state index contributed by atoms with van der Waals surface area (Å²) >= 11 is 0. The zero-order chi connectivity index (χ0) is 14.7. The zero-order valence-corrected chi connectivity index (χ0v) is 12.7. The van der Waals surface area contributed by atoms with Crippen LogP contribution in [0.15, 0.2) is 36.7 Å². The summed E-state index contributed by atoms with van der Waals surface area (Å²) < 4.78 is 0. The standard InChI is InChI=1S/C17H22N4/c1-13-9-16(18-2)10-17(20-13)15-5-8-21(12-15)11-14-3-6-19-7-4-14/h3-4,6-7,9-10,15H,5,8,11-12H2,1-2H3,(H,18,20)/t15-/m1/s1. The lowest BCUT2D eigenvalue weighted by Crippen LogP contribution is -2.20. The molecule has 3 heterocycles. The Balaban J connectivity index is 1.68. The maximum Gasteiger partial charge on any atom is 0.0471 e. The van der Waals surface area contributed by atoms with Crippen LogP contribution in [0.2, 0.25) is 0 Å². The molecule has 3 rings (SSSR count). The van der Waals surface area contributed by atoms with Crippen LogP contribution in [0.4, 0.5) is 5.69 Å². The summed E-state index contributed by atoms with van der Waals surface area (Å²) in [4.78, 5) is 11.3. The van der Waals surface area contributed by atoms with Crippen molar-refractivity contribution in [2.45, 2.75) is 25.8 Å². The van der Waals surface area contributed by atoms with Crippen molar-refractivity contribution in [3.8, 4) is 0 Å². The first-order valence-corrected chi connectivity index (χ1v) is 7.52. The lowest BCUT2D eigenvalue weighted by atomic mass is 10.0. The first-order valence-electron chi connectivity index (χ1n) is 7.52. The highest BCUT2D eigenvalue weighted by atomic mass is 15.1. The van der Waals surface area contributed by atoms with Crippen molar-refractivity contribution in [2.75, 3.05) is 25.5 Å². The van der Waals surface area contributed by atoms with E-state index in [1.54, 1.807) is 0 Å². The fourth-order valence-electron chi connectivity index (χ4n) is 3.01. The second-order valence-electron chi connectivity index (χ2n) is 5.75. The van der Waals surface area contributed by atoms with Crippen LogP contribution >= 0.6 is 0 Å². The molecule has 2 aromatic heterocycles. The maximum absolute atomic E-state index is 4.73. The van der Waals surface area contributed by atoms with Gasteiger partial charge in [-0.25, -0.2) is 0 Å². The van der Waals surface area contributed by atoms with Gasteiger partial charge in [-0.2, -0.15) is 0 Å². The molecule has 0 aromatic carbocycles. The van der Waals surface area contributed by atoms with Crippen LogP contribution in [-0.2, 0) is 6.54 Å². The first kappa shape index (κ1) is 14.0. The molecule has 21 heavy (non-hydrogen) atoms. The third-order valence-corrected chi connectivity index (χ3v) is 4.11. The number of pyridine rings is 2. The van der Waals surface area contributed by atoms with Crippen molar-refractivity contribution in [3.05, 3.63) is 53.6 Å². The fraction of sp³-hybridized carbons (Fsp3) is 0.412. The van der Waals surface area contributed by atoms with E-state index >= 15 is 0 Å². The molecule has 1 saturated heterocycles. The monoisotopic (exact) mass is 282 g/mol. The smallest absolute Gasteiger partial charge is 0.0471 e. The average Bonchev–Trinajstić information content (AvgIpc) is 2.96. The Morgan fingerprint density at radius 3 is 2.86 bits per heavy atom. The van der Waals surface area contributed by atoms with Crippen molar-refractivity contribution in [3.63, 3.8) is 0 Å². The molecular formula is C17H22N4. The van der Waals surface area contributed by atoms with Crippen molar-refractivity contribution in [1.82, 2.24) is 14.9 Å². The Labute approximate surface area is 126 Å². The molecule has 0 radical (unpaired) electrons. The lowest BCUT2D eigenvalue weighted by molar-refractivity contribution is 0.326. The molecule has 0 saturated carbocycles. The molecule has 0 unspecified atom stereocenters. The predicted octanol–water partition coefficient (Wildman–Crippen LogP) is 2.82. The minimum atomic E-state index is 0.541. The second-order valence-corrected chi connectivity index (χ2v) is 5.75. The van der Waals surface area contributed by atoms with Crippen molar-refractivity contribution in [2.24, 2.45) is 0 Å². The van der Waals surface area contributed by atoms with E-state index < -0.39 is 0 Å². The number of likely N-dealkylation sites (tertiary alicyclic amines) is 1. The van der Waals surface area contributed by atoms with Crippen LogP contribution in [0.3, 0.4) is 0 Å². The quantitative estimate of drug-likeness (QED) is 0.936. The summed E-state index contributed by atoms with van der Waals surface area (Å²) in [6, 6.07) is 8.47. The van der Waals surface area contributed by atoms with Crippen LogP contribution in [0, 0.1) is 6.92 Å². The zero-order valence-electron chi connectivity index (χ0n) is 12.7. The summed E-state index contributed by atoms with van der Waals surface area (Å²) in [6.07, 6.45) is 4.92. The van der Waals surface area contributed by atoms with Crippen LogP contribution in [0.5, 0.6) is 0 Å². The average molecular weight is 282 g/mol. The summed E-state index contributed by atoms with van der Waals surface area (Å²) in [7, 11) is 1.96. The maximum atomic E-state index is 4.73. The van der Waals surface area contributed by atoms with Gasteiger partial charge in [0.05, 0.1) is 0 Å². The van der Waals surface area contributed by atoms with Crippen molar-refractivity contribution in [1.29, 1.82) is 0 Å². The number of anilines is 1. The molecule has 0 amide bonds. The Hall–Kier alpha value is -1.94. The molecule has 4 nitrogen and oxygen atoms in total. The summed E-state index contributed by atoms with van der Waals surface area (Å²) in [5.74, 6) is 0.541. The van der Waals surface area contributed by atoms with Crippen LogP contribution in [0.25, 0.3) is 0 Å². The summed E-state index contributed by atoms with van der Waals surface area (Å²) in [6.45, 7) is 5.29. The van der Waals surface area contributed by atoms with Crippen LogP contribution in [0.1, 0.15) is 29.3 Å². The van der Waals surface area contributed by atoms with Gasteiger partial charge >= 0.3 is 0 Å². The van der Waals surface area contributed by atoms with Crippen molar-refractivity contribution >= 4 is 5.69 Å². The van der Waals surface area contributed by atoms with Gasteiger partial charge in [0, 0.05) is 55.5 Å². The van der Waals surface area contributed by atoms with E-state index in [2.05, 4.69) is 46.4 Å². The highest BCUT2D eigenvalue weighted by molar-refractivity contribution is 5.45. The van der Waals surface area contributed by atoms with E-state index in [0.29, 0.717) is 5.92 Å². The van der Waals surface area contributed by atoms with E-state index in [9.17, 15) is 0 Å². The number of nitrogens with zero attached hydrogens (tertiary/aromatic N) is 3. The molecule has 1 aliphatic heterocycles. The Morgan fingerprint density at radius 2 is 2.10 bits per heavy atom. The number of hydrogen-bond donors (Lipinski definition) is 1. The third kappa shape index (κ3) is 3.39. The molecule has 1 atom stereocenters. The number of hydrogen-bond acceptors (Lipinski definition) is 4. The van der Waals surface area contributed by atoms with E-state index in [4.69, 9.17) is 4.98 Å². The fourth-order valence-corrected chi connectivity index (χ4v) is 3.01. The SMILES string of the molecule is CNc1cc(C)nc([C@@H]2CCN(Cc3ccncc3)C2)c1. The highest BCUT2D eigenvalue weighted by Crippen LogP contribution is 2.28. The van der Waals surface area contributed by atoms with Crippen LogP contribution in [-0.4, -0.2) is 35.0 Å². The van der Waals surface area contributed by atoms with Gasteiger partial charge in [0.15, 0.2) is 0 Å². The van der Waals surface area contributed by atoms with E-state index in [0.717, 1.165) is 31.0 Å². The molecule has 1 aliphatic rings. The van der Waals surface area contributed by atoms with Crippen LogP contribution < -0.4 is 5.32 Å². The molecule has 4 heteroatoms. The lowest BCUT2D eigenvalue weighted by Gasteiger charge is -2.16. The van der Waals surface area contributed by atoms with E-state index in [-0.39, 0.29) is 0 Å². The molecule has 110 valence electrons. The largest absolute Gasteiger partial charge is 0.388 e. The molecule has 0 spiro atoms. The topological polar surface area (TPSA) is 41.1 Å². The van der Waals surface area contributed by atoms with Gasteiger partial charge in [0.2, 0.25) is 0 Å². The number of aryl methyl sites for hydroxylation is 1. The molecule has 0 bridgehead atoms. The van der Waals surface area contributed by atoms with Crippen molar-refractivity contribution < 1.29 is 0 Å². The minimum Gasteiger partial charge on any atom is -0.388 e. The third-order valence-electron chi connectivity index (χ3n) is 4.11. The van der Waals surface area contributed by atoms with Gasteiger partial charge in [-0.15, -0.1) is 0 Å². The normalized spacial score (nSPS) is 18.9. The molecule has 1 N–H and O–H groups in total. The first-order chi connectivity index (χ1) is 10.2. The molecular weight excluding hydrogens is 260 g/mol. The number of aromatic nitrogens is 2. The summed E-state index contributed by atoms with van der Waals surface area (Å²) in [5, 5.41) is 3.22. The minimum absolute atomic E-state index is 0.541. The number of nitrogens with one attached hydrogen (secondary N) is 1. The Kier molecular flexibility index (Phi) is 4.15. The van der Waals surface area contributed by atoms with Gasteiger partial charge in [-0.05, 0) is 49.7 Å². The van der Waals surface area contributed by atoms with E-state index in [1.807, 2.05) is 19.4 Å². The van der Waals surface area contributed by atoms with Gasteiger partial charge in [0.25, 0.3) is 0 Å². The van der Waals surface area contributed by atoms with Gasteiger partial charge in [-0.1, -0.05) is 0 Å². The Morgan fingerprint density at radius 1 is 1.29 bits per heavy atom. The molecule has 2 aromatic rings. The molecule has 0 aliphatic carbocycles. The van der Waals surface area contributed by atoms with Gasteiger partial charge in [0.1, 0.15) is 0 Å². The van der Waals surface area contributed by atoms with Gasteiger partial charge < -0.3 is 5.32 Å². The van der Waals surface area contributed by atoms with E-state index in [1.165, 1.54) is 17.7 Å². The molecule has 1 fully saturated rings. The predicted molar refractivity (Wildman–Crippen MR) is 85.4 cm³/mol.